The van der Waals surface area contributed by atoms with Crippen LogP contribution in [0.2, 0.25) is 0 Å². The number of nitrogens with one attached hydrogen (secondary N) is 1. The highest BCUT2D eigenvalue weighted by molar-refractivity contribution is 7.99. The van der Waals surface area contributed by atoms with Gasteiger partial charge >= 0.3 is 0 Å². The van der Waals surface area contributed by atoms with Gasteiger partial charge in [0.15, 0.2) is 0 Å². The Balaban J connectivity index is 2.35. The molecule has 0 amide bonds. The molecule has 0 atom stereocenters. The molecule has 2 rings (SSSR count). The molecule has 0 fully saturated rings. The van der Waals surface area contributed by atoms with E-state index in [-0.39, 0.29) is 0 Å². The number of thioether (sulfide) groups is 1. The molecule has 0 spiro atoms. The Morgan fingerprint density at radius 3 is 2.68 bits per heavy atom. The second-order valence-electron chi connectivity index (χ2n) is 4.22. The first-order valence-corrected chi connectivity index (χ1v) is 7.22. The van der Waals surface area contributed by atoms with Gasteiger partial charge in [-0.15, -0.1) is 11.8 Å². The molecule has 0 radical (unpaired) electrons. The third-order valence-electron chi connectivity index (χ3n) is 2.73. The summed E-state index contributed by atoms with van der Waals surface area (Å²) in [5.41, 5.74) is 3.79. The van der Waals surface area contributed by atoms with E-state index in [4.69, 9.17) is 0 Å². The van der Waals surface area contributed by atoms with Crippen LogP contribution in [-0.2, 0) is 0 Å². The topological polar surface area (TPSA) is 35.8 Å². The van der Waals surface area contributed by atoms with E-state index < -0.39 is 0 Å². The van der Waals surface area contributed by atoms with Crippen LogP contribution in [-0.4, -0.2) is 5.75 Å². The fourth-order valence-corrected chi connectivity index (χ4v) is 2.69. The third-order valence-corrected chi connectivity index (χ3v) is 3.67. The first-order valence-electron chi connectivity index (χ1n) is 6.24. The molecule has 19 heavy (non-hydrogen) atoms. The second kappa shape index (κ2) is 6.31. The van der Waals surface area contributed by atoms with Gasteiger partial charge in [-0.2, -0.15) is 5.26 Å². The zero-order valence-electron chi connectivity index (χ0n) is 11.1. The Morgan fingerprint density at radius 2 is 2.00 bits per heavy atom. The van der Waals surface area contributed by atoms with Crippen molar-refractivity contribution < 1.29 is 0 Å². The van der Waals surface area contributed by atoms with Crippen molar-refractivity contribution in [2.45, 2.75) is 18.7 Å². The van der Waals surface area contributed by atoms with Crippen molar-refractivity contribution in [3.05, 3.63) is 53.6 Å². The SMILES string of the molecule is CCSc1cccc(Nc2cccc(C)c2)c1C#N. The molecular weight excluding hydrogens is 252 g/mol. The lowest BCUT2D eigenvalue weighted by Crippen LogP contribution is -1.95. The molecule has 1 N–H and O–H groups in total. The number of aryl methyl sites for hydroxylation is 1. The predicted molar refractivity (Wildman–Crippen MR) is 82.0 cm³/mol. The fraction of sp³-hybridized carbons (Fsp3) is 0.188. The molecule has 0 saturated heterocycles. The third kappa shape index (κ3) is 3.30. The lowest BCUT2D eigenvalue weighted by atomic mass is 10.1. The smallest absolute Gasteiger partial charge is 0.103 e. The van der Waals surface area contributed by atoms with E-state index in [2.05, 4.69) is 37.4 Å². The minimum absolute atomic E-state index is 0.718. The maximum absolute atomic E-state index is 9.36. The van der Waals surface area contributed by atoms with Crippen LogP contribution in [0.3, 0.4) is 0 Å². The minimum atomic E-state index is 0.718. The molecule has 0 unspecified atom stereocenters. The van der Waals surface area contributed by atoms with Crippen molar-refractivity contribution in [1.82, 2.24) is 0 Å². The average molecular weight is 268 g/mol. The van der Waals surface area contributed by atoms with Crippen LogP contribution in [0.4, 0.5) is 11.4 Å². The van der Waals surface area contributed by atoms with Gasteiger partial charge in [0, 0.05) is 10.6 Å². The first kappa shape index (κ1) is 13.5. The lowest BCUT2D eigenvalue weighted by molar-refractivity contribution is 1.34. The summed E-state index contributed by atoms with van der Waals surface area (Å²) in [5, 5.41) is 12.7. The number of nitrogens with zero attached hydrogens (tertiary/aromatic N) is 1. The van der Waals surface area contributed by atoms with E-state index in [1.54, 1.807) is 11.8 Å². The Bertz CT molecular complexity index is 614. The standard InChI is InChI=1S/C16H16N2S/c1-3-19-16-9-5-8-15(14(16)11-17)18-13-7-4-6-12(2)10-13/h4-10,18H,3H2,1-2H3. The van der Waals surface area contributed by atoms with Crippen LogP contribution in [0.5, 0.6) is 0 Å². The summed E-state index contributed by atoms with van der Waals surface area (Å²) >= 11 is 1.69. The van der Waals surface area contributed by atoms with Crippen molar-refractivity contribution >= 4 is 23.1 Å². The van der Waals surface area contributed by atoms with E-state index in [1.165, 1.54) is 5.56 Å². The largest absolute Gasteiger partial charge is 0.354 e. The minimum Gasteiger partial charge on any atom is -0.354 e. The van der Waals surface area contributed by atoms with Gasteiger partial charge < -0.3 is 5.32 Å². The summed E-state index contributed by atoms with van der Waals surface area (Å²) in [6, 6.07) is 16.4. The molecule has 0 aliphatic rings. The highest BCUT2D eigenvalue weighted by atomic mass is 32.2. The molecule has 3 heteroatoms. The molecule has 0 bridgehead atoms. The number of nitriles is 1. The molecule has 0 saturated carbocycles. The number of hydrogen-bond donors (Lipinski definition) is 1. The van der Waals surface area contributed by atoms with Crippen molar-refractivity contribution in [1.29, 1.82) is 5.26 Å². The number of hydrogen-bond acceptors (Lipinski definition) is 3. The molecule has 96 valence electrons. The highest BCUT2D eigenvalue weighted by Crippen LogP contribution is 2.29. The van der Waals surface area contributed by atoms with Gasteiger partial charge in [-0.25, -0.2) is 0 Å². The number of rotatable bonds is 4. The van der Waals surface area contributed by atoms with E-state index in [1.807, 2.05) is 30.3 Å². The van der Waals surface area contributed by atoms with Crippen molar-refractivity contribution in [3.8, 4) is 6.07 Å². The van der Waals surface area contributed by atoms with E-state index in [9.17, 15) is 5.26 Å². The Kier molecular flexibility index (Phi) is 4.48. The molecule has 0 aliphatic carbocycles. The van der Waals surface area contributed by atoms with Crippen LogP contribution in [0.25, 0.3) is 0 Å². The van der Waals surface area contributed by atoms with Gasteiger partial charge in [0.1, 0.15) is 6.07 Å². The lowest BCUT2D eigenvalue weighted by Gasteiger charge is -2.11. The van der Waals surface area contributed by atoms with Gasteiger partial charge in [-0.05, 0) is 42.5 Å². The quantitative estimate of drug-likeness (QED) is 0.815. The molecule has 2 aromatic rings. The van der Waals surface area contributed by atoms with Crippen LogP contribution in [0.1, 0.15) is 18.1 Å². The molecule has 0 heterocycles. The van der Waals surface area contributed by atoms with Crippen molar-refractivity contribution in [2.75, 3.05) is 11.1 Å². The van der Waals surface area contributed by atoms with Crippen molar-refractivity contribution in [2.24, 2.45) is 0 Å². The molecule has 0 aromatic heterocycles. The Labute approximate surface area is 118 Å². The van der Waals surface area contributed by atoms with Gasteiger partial charge in [-0.3, -0.25) is 0 Å². The van der Waals surface area contributed by atoms with E-state index in [0.29, 0.717) is 0 Å². The summed E-state index contributed by atoms with van der Waals surface area (Å²) < 4.78 is 0. The summed E-state index contributed by atoms with van der Waals surface area (Å²) in [6.45, 7) is 4.15. The zero-order chi connectivity index (χ0) is 13.7. The fourth-order valence-electron chi connectivity index (χ4n) is 1.90. The molecule has 2 nitrogen and oxygen atoms in total. The van der Waals surface area contributed by atoms with Crippen LogP contribution in [0, 0.1) is 18.3 Å². The highest BCUT2D eigenvalue weighted by Gasteiger charge is 2.08. The van der Waals surface area contributed by atoms with Gasteiger partial charge in [-0.1, -0.05) is 25.1 Å². The second-order valence-corrected chi connectivity index (χ2v) is 5.52. The van der Waals surface area contributed by atoms with Gasteiger partial charge in [0.05, 0.1) is 11.3 Å². The van der Waals surface area contributed by atoms with Gasteiger partial charge in [0.25, 0.3) is 0 Å². The Morgan fingerprint density at radius 1 is 1.21 bits per heavy atom. The number of anilines is 2. The van der Waals surface area contributed by atoms with E-state index in [0.717, 1.165) is 27.6 Å². The predicted octanol–water partition coefficient (Wildman–Crippen LogP) is 4.72. The first-order chi connectivity index (χ1) is 9.24. The maximum atomic E-state index is 9.36. The number of benzene rings is 2. The normalized spacial score (nSPS) is 9.95. The zero-order valence-corrected chi connectivity index (χ0v) is 11.9. The van der Waals surface area contributed by atoms with Crippen molar-refractivity contribution in [3.63, 3.8) is 0 Å². The van der Waals surface area contributed by atoms with Crippen LogP contribution >= 0.6 is 11.8 Å². The van der Waals surface area contributed by atoms with E-state index >= 15 is 0 Å². The van der Waals surface area contributed by atoms with Crippen LogP contribution in [0.15, 0.2) is 47.4 Å². The summed E-state index contributed by atoms with van der Waals surface area (Å²) in [5.74, 6) is 0.961. The summed E-state index contributed by atoms with van der Waals surface area (Å²) in [4.78, 5) is 1.03. The Hall–Kier alpha value is -1.92. The molecule has 2 aromatic carbocycles. The van der Waals surface area contributed by atoms with Crippen LogP contribution < -0.4 is 5.32 Å². The monoisotopic (exact) mass is 268 g/mol. The van der Waals surface area contributed by atoms with Gasteiger partial charge in [0.2, 0.25) is 0 Å². The maximum Gasteiger partial charge on any atom is 0.103 e. The molecular formula is C16H16N2S. The molecule has 0 aliphatic heterocycles. The average Bonchev–Trinajstić information content (AvgIpc) is 2.39. The summed E-state index contributed by atoms with van der Waals surface area (Å²) in [6.07, 6.45) is 0. The summed E-state index contributed by atoms with van der Waals surface area (Å²) in [7, 11) is 0.